The minimum Gasteiger partial charge on any atom is -0.506 e. The van der Waals surface area contributed by atoms with Gasteiger partial charge in [-0.3, -0.25) is 0 Å². The third kappa shape index (κ3) is 6.67. The van der Waals surface area contributed by atoms with E-state index in [0.29, 0.717) is 11.8 Å². The lowest BCUT2D eigenvalue weighted by molar-refractivity contribution is 0.305. The predicted molar refractivity (Wildman–Crippen MR) is 93.6 cm³/mol. The molecule has 1 N–H and O–H groups in total. The van der Waals surface area contributed by atoms with Crippen molar-refractivity contribution in [1.29, 1.82) is 0 Å². The Labute approximate surface area is 147 Å². The molecule has 0 aliphatic heterocycles. The third-order valence-corrected chi connectivity index (χ3v) is 3.35. The lowest BCUT2D eigenvalue weighted by Gasteiger charge is -2.05. The van der Waals surface area contributed by atoms with E-state index in [4.69, 9.17) is 21.4 Å². The Morgan fingerprint density at radius 1 is 0.957 bits per heavy atom. The monoisotopic (exact) mass is 392 g/mol. The fourth-order valence-electron chi connectivity index (χ4n) is 1.56. The molecule has 2 heterocycles. The first kappa shape index (κ1) is 17.2. The molecule has 0 saturated carbocycles. The first-order valence-corrected chi connectivity index (χ1v) is 7.89. The summed E-state index contributed by atoms with van der Waals surface area (Å²) in [5, 5.41) is 9.03. The molecule has 0 aliphatic carbocycles. The second-order valence-electron chi connectivity index (χ2n) is 4.43. The summed E-state index contributed by atoms with van der Waals surface area (Å²) in [6, 6.07) is 16.8. The van der Waals surface area contributed by atoms with Gasteiger partial charge in [0.1, 0.15) is 27.9 Å². The summed E-state index contributed by atoms with van der Waals surface area (Å²) in [6.45, 7) is 0.574. The van der Waals surface area contributed by atoms with Crippen molar-refractivity contribution in [3.8, 4) is 11.5 Å². The molecular weight excluding hydrogens is 380 g/mol. The van der Waals surface area contributed by atoms with Crippen molar-refractivity contribution in [2.24, 2.45) is 0 Å². The Hall–Kier alpha value is -2.11. The summed E-state index contributed by atoms with van der Waals surface area (Å²) in [5.41, 5.74) is 1.15. The van der Waals surface area contributed by atoms with Gasteiger partial charge in [-0.1, -0.05) is 41.9 Å². The topological polar surface area (TPSA) is 55.2 Å². The fraction of sp³-hybridized carbons (Fsp3) is 0.0588. The highest BCUT2D eigenvalue weighted by Gasteiger charge is 1.95. The van der Waals surface area contributed by atoms with Crippen LogP contribution in [0.15, 0.2) is 71.6 Å². The van der Waals surface area contributed by atoms with Crippen molar-refractivity contribution in [1.82, 2.24) is 9.97 Å². The van der Waals surface area contributed by atoms with Crippen molar-refractivity contribution in [2.45, 2.75) is 6.61 Å². The van der Waals surface area contributed by atoms with Crippen LogP contribution in [0.2, 0.25) is 5.15 Å². The summed E-state index contributed by atoms with van der Waals surface area (Å²) in [4.78, 5) is 7.68. The van der Waals surface area contributed by atoms with Crippen LogP contribution < -0.4 is 4.74 Å². The summed E-state index contributed by atoms with van der Waals surface area (Å²) in [7, 11) is 0. The highest BCUT2D eigenvalue weighted by molar-refractivity contribution is 9.10. The Kier molecular flexibility index (Phi) is 6.84. The van der Waals surface area contributed by atoms with Crippen molar-refractivity contribution in [2.75, 3.05) is 0 Å². The summed E-state index contributed by atoms with van der Waals surface area (Å²) < 4.78 is 6.38. The van der Waals surface area contributed by atoms with E-state index < -0.39 is 0 Å². The highest BCUT2D eigenvalue weighted by Crippen LogP contribution is 2.14. The minimum atomic E-state index is 0.134. The molecule has 23 heavy (non-hydrogen) atoms. The quantitative estimate of drug-likeness (QED) is 0.645. The highest BCUT2D eigenvalue weighted by atomic mass is 79.9. The number of halogens is 2. The average Bonchev–Trinajstić information content (AvgIpc) is 2.59. The van der Waals surface area contributed by atoms with Crippen molar-refractivity contribution in [3.05, 3.63) is 82.3 Å². The van der Waals surface area contributed by atoms with E-state index in [1.165, 1.54) is 18.3 Å². The van der Waals surface area contributed by atoms with E-state index in [2.05, 4.69) is 25.9 Å². The van der Waals surface area contributed by atoms with Gasteiger partial charge >= 0.3 is 0 Å². The van der Waals surface area contributed by atoms with Gasteiger partial charge in [0.2, 0.25) is 0 Å². The molecule has 2 aromatic heterocycles. The summed E-state index contributed by atoms with van der Waals surface area (Å²) >= 11 is 8.66. The van der Waals surface area contributed by atoms with Gasteiger partial charge in [0.05, 0.1) is 12.4 Å². The van der Waals surface area contributed by atoms with Crippen molar-refractivity contribution < 1.29 is 9.84 Å². The second kappa shape index (κ2) is 9.12. The number of pyridine rings is 2. The van der Waals surface area contributed by atoms with Crippen LogP contribution in [0.5, 0.6) is 11.5 Å². The maximum absolute atomic E-state index is 8.64. The fourth-order valence-corrected chi connectivity index (χ4v) is 1.90. The van der Waals surface area contributed by atoms with E-state index in [0.717, 1.165) is 15.9 Å². The summed E-state index contributed by atoms with van der Waals surface area (Å²) in [6.07, 6.45) is 3.00. The Morgan fingerprint density at radius 2 is 1.74 bits per heavy atom. The smallest absolute Gasteiger partial charge is 0.138 e. The van der Waals surface area contributed by atoms with E-state index in [-0.39, 0.29) is 5.75 Å². The number of hydrogen-bond donors (Lipinski definition) is 1. The predicted octanol–water partition coefficient (Wildman–Crippen LogP) is 4.86. The second-order valence-corrected chi connectivity index (χ2v) is 5.63. The molecule has 0 saturated heterocycles. The van der Waals surface area contributed by atoms with Crippen LogP contribution in [-0.4, -0.2) is 15.1 Å². The molecule has 3 aromatic rings. The van der Waals surface area contributed by atoms with Crippen LogP contribution in [0.1, 0.15) is 5.56 Å². The van der Waals surface area contributed by atoms with Crippen LogP contribution in [0.4, 0.5) is 0 Å². The normalized spacial score (nSPS) is 9.65. The van der Waals surface area contributed by atoms with Gasteiger partial charge < -0.3 is 9.84 Å². The summed E-state index contributed by atoms with van der Waals surface area (Å²) in [5.74, 6) is 0.913. The van der Waals surface area contributed by atoms with Gasteiger partial charge in [0, 0.05) is 0 Å². The van der Waals surface area contributed by atoms with E-state index >= 15 is 0 Å². The Bertz CT molecular complexity index is 686. The van der Waals surface area contributed by atoms with Crippen molar-refractivity contribution in [3.63, 3.8) is 0 Å². The first-order valence-electron chi connectivity index (χ1n) is 6.72. The molecule has 6 heteroatoms. The number of nitrogens with zero attached hydrogens (tertiary/aromatic N) is 2. The number of rotatable bonds is 3. The van der Waals surface area contributed by atoms with Gasteiger partial charge in [0.25, 0.3) is 0 Å². The molecule has 0 fully saturated rings. The molecule has 0 radical (unpaired) electrons. The van der Waals surface area contributed by atoms with Gasteiger partial charge in [-0.05, 0) is 45.8 Å². The molecule has 4 nitrogen and oxygen atoms in total. The van der Waals surface area contributed by atoms with Crippen LogP contribution >= 0.6 is 27.5 Å². The average molecular weight is 394 g/mol. The van der Waals surface area contributed by atoms with Gasteiger partial charge in [-0.2, -0.15) is 0 Å². The van der Waals surface area contributed by atoms with Crippen LogP contribution in [0, 0.1) is 0 Å². The Balaban J connectivity index is 0.000000203. The lowest BCUT2D eigenvalue weighted by atomic mass is 10.2. The lowest BCUT2D eigenvalue weighted by Crippen LogP contribution is -1.95. The van der Waals surface area contributed by atoms with Gasteiger partial charge in [0.15, 0.2) is 0 Å². The molecule has 0 aliphatic rings. The first-order chi connectivity index (χ1) is 11.1. The number of aromatic nitrogens is 2. The maximum Gasteiger partial charge on any atom is 0.138 e. The van der Waals surface area contributed by atoms with Crippen molar-refractivity contribution >= 4 is 27.5 Å². The molecule has 0 bridgehead atoms. The van der Waals surface area contributed by atoms with Crippen LogP contribution in [0.25, 0.3) is 0 Å². The molecule has 0 unspecified atom stereocenters. The third-order valence-electron chi connectivity index (χ3n) is 2.66. The number of ether oxygens (including phenoxy) is 1. The number of hydrogen-bond acceptors (Lipinski definition) is 4. The zero-order valence-corrected chi connectivity index (χ0v) is 14.4. The van der Waals surface area contributed by atoms with E-state index in [9.17, 15) is 0 Å². The minimum absolute atomic E-state index is 0.134. The van der Waals surface area contributed by atoms with Crippen LogP contribution in [0.3, 0.4) is 0 Å². The molecule has 0 atom stereocenters. The zero-order valence-electron chi connectivity index (χ0n) is 12.1. The number of aromatic hydroxyl groups is 1. The maximum atomic E-state index is 8.64. The molecular formula is C17H14BrClN2O2. The standard InChI is InChI=1S/C12H10BrNO.C5H4ClNO/c13-12-7-6-11(8-14-12)15-9-10-4-2-1-3-5-10;6-5-2-1-4(8)3-7-5/h1-8H,9H2;1-3,8H. The molecule has 1 aromatic carbocycles. The molecule has 0 amide bonds. The van der Waals surface area contributed by atoms with Gasteiger partial charge in [-0.15, -0.1) is 0 Å². The molecule has 118 valence electrons. The number of benzene rings is 1. The van der Waals surface area contributed by atoms with E-state index in [1.807, 2.05) is 42.5 Å². The largest absolute Gasteiger partial charge is 0.506 e. The molecule has 3 rings (SSSR count). The SMILES string of the molecule is Brc1ccc(OCc2ccccc2)cn1.Oc1ccc(Cl)nc1. The van der Waals surface area contributed by atoms with Crippen LogP contribution in [-0.2, 0) is 6.61 Å². The van der Waals surface area contributed by atoms with E-state index in [1.54, 1.807) is 6.20 Å². The van der Waals surface area contributed by atoms with Gasteiger partial charge in [-0.25, -0.2) is 9.97 Å². The Morgan fingerprint density at radius 3 is 2.30 bits per heavy atom. The zero-order chi connectivity index (χ0) is 16.5. The molecule has 0 spiro atoms.